The standard InChI is InChI=1S/C11H15N3O2S/c12-10(15)7-4-9(17-6-7)11(16)14-5-8-2-1-3-13-8/h4,6,8,13H,1-3,5H2,(H2,12,15)(H,14,16). The second kappa shape index (κ2) is 5.29. The van der Waals surface area contributed by atoms with Gasteiger partial charge in [-0.2, -0.15) is 0 Å². The number of carbonyl (C=O) groups is 2. The molecular formula is C11H15N3O2S. The van der Waals surface area contributed by atoms with E-state index in [2.05, 4.69) is 10.6 Å². The van der Waals surface area contributed by atoms with Crippen molar-refractivity contribution in [1.29, 1.82) is 0 Å². The lowest BCUT2D eigenvalue weighted by molar-refractivity contribution is 0.0954. The van der Waals surface area contributed by atoms with Crippen LogP contribution in [0.25, 0.3) is 0 Å². The first-order valence-electron chi connectivity index (χ1n) is 5.57. The van der Waals surface area contributed by atoms with Gasteiger partial charge in [0.15, 0.2) is 0 Å². The van der Waals surface area contributed by atoms with Gasteiger partial charge in [-0.15, -0.1) is 11.3 Å². The van der Waals surface area contributed by atoms with Crippen molar-refractivity contribution in [1.82, 2.24) is 10.6 Å². The Labute approximate surface area is 103 Å². The zero-order valence-corrected chi connectivity index (χ0v) is 10.2. The van der Waals surface area contributed by atoms with Crippen LogP contribution < -0.4 is 16.4 Å². The van der Waals surface area contributed by atoms with Gasteiger partial charge in [-0.3, -0.25) is 9.59 Å². The molecule has 1 atom stereocenters. The van der Waals surface area contributed by atoms with Gasteiger partial charge < -0.3 is 16.4 Å². The molecule has 17 heavy (non-hydrogen) atoms. The minimum absolute atomic E-state index is 0.142. The average Bonchev–Trinajstić information content (AvgIpc) is 2.96. The number of primary amides is 1. The molecule has 1 aliphatic heterocycles. The van der Waals surface area contributed by atoms with Gasteiger partial charge in [0.2, 0.25) is 5.91 Å². The first kappa shape index (κ1) is 12.1. The maximum absolute atomic E-state index is 11.8. The molecule has 0 saturated carbocycles. The van der Waals surface area contributed by atoms with Crippen LogP contribution in [0.2, 0.25) is 0 Å². The molecule has 6 heteroatoms. The first-order valence-corrected chi connectivity index (χ1v) is 6.44. The van der Waals surface area contributed by atoms with Gasteiger partial charge in [0, 0.05) is 18.0 Å². The van der Waals surface area contributed by atoms with Crippen LogP contribution in [0.3, 0.4) is 0 Å². The number of amides is 2. The fraction of sp³-hybridized carbons (Fsp3) is 0.455. The van der Waals surface area contributed by atoms with E-state index < -0.39 is 5.91 Å². The van der Waals surface area contributed by atoms with Gasteiger partial charge in [0.25, 0.3) is 5.91 Å². The summed E-state index contributed by atoms with van der Waals surface area (Å²) in [4.78, 5) is 23.2. The molecule has 2 heterocycles. The highest BCUT2D eigenvalue weighted by molar-refractivity contribution is 7.12. The van der Waals surface area contributed by atoms with Crippen LogP contribution in [-0.2, 0) is 0 Å². The third kappa shape index (κ3) is 3.04. The van der Waals surface area contributed by atoms with E-state index in [0.29, 0.717) is 23.0 Å². The van der Waals surface area contributed by atoms with Crippen LogP contribution in [0.4, 0.5) is 0 Å². The van der Waals surface area contributed by atoms with E-state index >= 15 is 0 Å². The Hall–Kier alpha value is -1.40. The molecule has 1 aromatic heterocycles. The summed E-state index contributed by atoms with van der Waals surface area (Å²) in [5.41, 5.74) is 5.51. The minimum atomic E-state index is -0.502. The van der Waals surface area contributed by atoms with Crippen LogP contribution >= 0.6 is 11.3 Å². The highest BCUT2D eigenvalue weighted by Crippen LogP contribution is 2.14. The Balaban J connectivity index is 1.87. The fourth-order valence-corrected chi connectivity index (χ4v) is 2.63. The summed E-state index contributed by atoms with van der Waals surface area (Å²) < 4.78 is 0. The summed E-state index contributed by atoms with van der Waals surface area (Å²) >= 11 is 1.24. The normalized spacial score (nSPS) is 19.2. The Morgan fingerprint density at radius 1 is 1.59 bits per heavy atom. The number of hydrogen-bond acceptors (Lipinski definition) is 4. The highest BCUT2D eigenvalue weighted by atomic mass is 32.1. The van der Waals surface area contributed by atoms with Gasteiger partial charge in [-0.25, -0.2) is 0 Å². The quantitative estimate of drug-likeness (QED) is 0.723. The number of rotatable bonds is 4. The van der Waals surface area contributed by atoms with Gasteiger partial charge in [0.1, 0.15) is 0 Å². The third-order valence-electron chi connectivity index (χ3n) is 2.78. The smallest absolute Gasteiger partial charge is 0.261 e. The lowest BCUT2D eigenvalue weighted by atomic mass is 10.2. The van der Waals surface area contributed by atoms with E-state index in [0.717, 1.165) is 19.4 Å². The summed E-state index contributed by atoms with van der Waals surface area (Å²) in [6, 6.07) is 1.90. The molecule has 1 fully saturated rings. The molecule has 92 valence electrons. The molecule has 1 aliphatic rings. The Kier molecular flexibility index (Phi) is 3.75. The zero-order valence-electron chi connectivity index (χ0n) is 9.36. The molecule has 4 N–H and O–H groups in total. The Bertz CT molecular complexity index is 424. The van der Waals surface area contributed by atoms with Crippen molar-refractivity contribution in [3.8, 4) is 0 Å². The fourth-order valence-electron chi connectivity index (χ4n) is 1.82. The number of carbonyl (C=O) groups excluding carboxylic acids is 2. The predicted octanol–water partition coefficient (Wildman–Crippen LogP) is 0.329. The second-order valence-corrected chi connectivity index (χ2v) is 4.98. The van der Waals surface area contributed by atoms with Gasteiger partial charge >= 0.3 is 0 Å². The molecule has 1 aromatic rings. The Morgan fingerprint density at radius 3 is 3.00 bits per heavy atom. The molecule has 0 bridgehead atoms. The number of hydrogen-bond donors (Lipinski definition) is 3. The topological polar surface area (TPSA) is 84.2 Å². The molecule has 1 saturated heterocycles. The number of nitrogens with two attached hydrogens (primary N) is 1. The molecule has 5 nitrogen and oxygen atoms in total. The Morgan fingerprint density at radius 2 is 2.41 bits per heavy atom. The van der Waals surface area contributed by atoms with Crippen molar-refractivity contribution in [3.63, 3.8) is 0 Å². The lowest BCUT2D eigenvalue weighted by Crippen LogP contribution is -2.36. The summed E-state index contributed by atoms with van der Waals surface area (Å²) in [6.07, 6.45) is 2.25. The molecule has 0 radical (unpaired) electrons. The van der Waals surface area contributed by atoms with Crippen LogP contribution in [0.5, 0.6) is 0 Å². The third-order valence-corrected chi connectivity index (χ3v) is 3.71. The zero-order chi connectivity index (χ0) is 12.3. The van der Waals surface area contributed by atoms with Crippen molar-refractivity contribution < 1.29 is 9.59 Å². The van der Waals surface area contributed by atoms with Gasteiger partial charge in [-0.1, -0.05) is 0 Å². The van der Waals surface area contributed by atoms with Crippen LogP contribution in [0.1, 0.15) is 32.9 Å². The average molecular weight is 253 g/mol. The summed E-state index contributed by atoms with van der Waals surface area (Å²) in [6.45, 7) is 1.65. The summed E-state index contributed by atoms with van der Waals surface area (Å²) in [7, 11) is 0. The van der Waals surface area contributed by atoms with E-state index in [4.69, 9.17) is 5.73 Å². The monoisotopic (exact) mass is 253 g/mol. The van der Waals surface area contributed by atoms with Gasteiger partial charge in [0.05, 0.1) is 10.4 Å². The summed E-state index contributed by atoms with van der Waals surface area (Å²) in [5.74, 6) is -0.644. The van der Waals surface area contributed by atoms with E-state index in [1.54, 1.807) is 5.38 Å². The molecule has 1 unspecified atom stereocenters. The molecule has 2 rings (SSSR count). The number of thiophene rings is 1. The maximum Gasteiger partial charge on any atom is 0.261 e. The molecular weight excluding hydrogens is 238 g/mol. The van der Waals surface area contributed by atoms with Crippen LogP contribution in [0.15, 0.2) is 11.4 Å². The first-order chi connectivity index (χ1) is 8.16. The lowest BCUT2D eigenvalue weighted by Gasteiger charge is -2.10. The van der Waals surface area contributed by atoms with Crippen molar-refractivity contribution in [2.24, 2.45) is 5.73 Å². The second-order valence-electron chi connectivity index (χ2n) is 4.07. The largest absolute Gasteiger partial charge is 0.366 e. The van der Waals surface area contributed by atoms with Crippen molar-refractivity contribution in [2.45, 2.75) is 18.9 Å². The predicted molar refractivity (Wildman–Crippen MR) is 66.2 cm³/mol. The van der Waals surface area contributed by atoms with Crippen molar-refractivity contribution >= 4 is 23.2 Å². The van der Waals surface area contributed by atoms with Crippen molar-refractivity contribution in [3.05, 3.63) is 21.9 Å². The molecule has 2 amide bonds. The molecule has 0 aromatic carbocycles. The van der Waals surface area contributed by atoms with Crippen LogP contribution in [0, 0.1) is 0 Å². The minimum Gasteiger partial charge on any atom is -0.366 e. The van der Waals surface area contributed by atoms with E-state index in [1.807, 2.05) is 0 Å². The van der Waals surface area contributed by atoms with E-state index in [9.17, 15) is 9.59 Å². The maximum atomic E-state index is 11.8. The molecule has 0 spiro atoms. The number of nitrogens with one attached hydrogen (secondary N) is 2. The summed E-state index contributed by atoms with van der Waals surface area (Å²) in [5, 5.41) is 7.75. The van der Waals surface area contributed by atoms with Crippen molar-refractivity contribution in [2.75, 3.05) is 13.1 Å². The SMILES string of the molecule is NC(=O)c1csc(C(=O)NCC2CCCN2)c1. The highest BCUT2D eigenvalue weighted by Gasteiger charge is 2.16. The van der Waals surface area contributed by atoms with Gasteiger partial charge in [-0.05, 0) is 25.5 Å². The van der Waals surface area contributed by atoms with E-state index in [1.165, 1.54) is 17.4 Å². The molecule has 0 aliphatic carbocycles. The van der Waals surface area contributed by atoms with Crippen LogP contribution in [-0.4, -0.2) is 30.9 Å². The van der Waals surface area contributed by atoms with E-state index in [-0.39, 0.29) is 5.91 Å².